The fraction of sp³-hybridized carbons (Fsp3) is 0. The van der Waals surface area contributed by atoms with E-state index in [0.717, 1.165) is 0 Å². The van der Waals surface area contributed by atoms with Gasteiger partial charge >= 0.3 is 11.9 Å². The van der Waals surface area contributed by atoms with Crippen molar-refractivity contribution in [2.75, 3.05) is 0 Å². The molecule has 0 unspecified atom stereocenters. The zero-order valence-electron chi connectivity index (χ0n) is 6.32. The lowest BCUT2D eigenvalue weighted by atomic mass is 10.1. The third kappa shape index (κ3) is 1.78. The summed E-state index contributed by atoms with van der Waals surface area (Å²) < 4.78 is 0. The van der Waals surface area contributed by atoms with Gasteiger partial charge in [-0.25, -0.2) is 9.59 Å². The quantitative estimate of drug-likeness (QED) is 0.763. The SMILES string of the molecule is O=C(O)c1cccc(C(=O)O)c1Cl. The first kappa shape index (κ1) is 9.54. The first-order valence-electron chi connectivity index (χ1n) is 3.29. The molecule has 0 bridgehead atoms. The van der Waals surface area contributed by atoms with Crippen LogP contribution in [0.5, 0.6) is 0 Å². The van der Waals surface area contributed by atoms with E-state index in [9.17, 15) is 9.59 Å². The molecule has 5 heteroatoms. The molecule has 68 valence electrons. The van der Waals surface area contributed by atoms with Gasteiger partial charge in [0.1, 0.15) is 0 Å². The van der Waals surface area contributed by atoms with Gasteiger partial charge in [0, 0.05) is 0 Å². The summed E-state index contributed by atoms with van der Waals surface area (Å²) in [5, 5.41) is 16.9. The van der Waals surface area contributed by atoms with Crippen LogP contribution in [0, 0.1) is 0 Å². The summed E-state index contributed by atoms with van der Waals surface area (Å²) in [6, 6.07) is 3.83. The van der Waals surface area contributed by atoms with E-state index in [1.54, 1.807) is 0 Å². The average molecular weight is 201 g/mol. The fourth-order valence-corrected chi connectivity index (χ4v) is 1.15. The topological polar surface area (TPSA) is 74.6 Å². The highest BCUT2D eigenvalue weighted by Crippen LogP contribution is 2.20. The molecule has 13 heavy (non-hydrogen) atoms. The minimum atomic E-state index is -1.24. The number of halogens is 1. The van der Waals surface area contributed by atoms with Gasteiger partial charge in [0.25, 0.3) is 0 Å². The van der Waals surface area contributed by atoms with Crippen LogP contribution in [0.3, 0.4) is 0 Å². The van der Waals surface area contributed by atoms with Crippen LogP contribution in [-0.4, -0.2) is 22.2 Å². The van der Waals surface area contributed by atoms with Crippen molar-refractivity contribution in [1.82, 2.24) is 0 Å². The molecule has 0 fully saturated rings. The molecule has 1 aromatic rings. The maximum Gasteiger partial charge on any atom is 0.337 e. The number of rotatable bonds is 2. The smallest absolute Gasteiger partial charge is 0.337 e. The van der Waals surface area contributed by atoms with E-state index in [1.165, 1.54) is 18.2 Å². The molecule has 2 N–H and O–H groups in total. The molecule has 0 aliphatic rings. The predicted octanol–water partition coefficient (Wildman–Crippen LogP) is 1.74. The molecule has 0 spiro atoms. The number of carbonyl (C=O) groups is 2. The van der Waals surface area contributed by atoms with Gasteiger partial charge in [0.05, 0.1) is 16.1 Å². The van der Waals surface area contributed by atoms with Crippen LogP contribution in [0.2, 0.25) is 5.02 Å². The highest BCUT2D eigenvalue weighted by Gasteiger charge is 2.15. The zero-order valence-corrected chi connectivity index (χ0v) is 7.08. The van der Waals surface area contributed by atoms with Crippen molar-refractivity contribution >= 4 is 23.5 Å². The minimum Gasteiger partial charge on any atom is -0.478 e. The lowest BCUT2D eigenvalue weighted by molar-refractivity contribution is 0.0696. The molecule has 0 radical (unpaired) electrons. The van der Waals surface area contributed by atoms with Crippen LogP contribution in [0.1, 0.15) is 20.7 Å². The van der Waals surface area contributed by atoms with Gasteiger partial charge in [0.2, 0.25) is 0 Å². The normalized spacial score (nSPS) is 9.62. The lowest BCUT2D eigenvalue weighted by Gasteiger charge is -2.01. The molecule has 0 saturated heterocycles. The van der Waals surface area contributed by atoms with E-state index in [-0.39, 0.29) is 16.1 Å². The van der Waals surface area contributed by atoms with Crippen LogP contribution in [0.15, 0.2) is 18.2 Å². The Morgan fingerprint density at radius 3 is 1.77 bits per heavy atom. The van der Waals surface area contributed by atoms with E-state index >= 15 is 0 Å². The number of aromatic carboxylic acids is 2. The summed E-state index contributed by atoms with van der Waals surface area (Å²) in [5.41, 5.74) is -0.414. The summed E-state index contributed by atoms with van der Waals surface area (Å²) in [6.45, 7) is 0. The van der Waals surface area contributed by atoms with Crippen molar-refractivity contribution in [2.45, 2.75) is 0 Å². The maximum absolute atomic E-state index is 10.5. The van der Waals surface area contributed by atoms with E-state index in [2.05, 4.69) is 0 Å². The van der Waals surface area contributed by atoms with Crippen LogP contribution in [0.25, 0.3) is 0 Å². The first-order chi connectivity index (χ1) is 6.04. The second-order valence-electron chi connectivity index (χ2n) is 2.28. The molecule has 0 aliphatic heterocycles. The van der Waals surface area contributed by atoms with Crippen molar-refractivity contribution < 1.29 is 19.8 Å². The van der Waals surface area contributed by atoms with Gasteiger partial charge in [-0.05, 0) is 12.1 Å². The Morgan fingerprint density at radius 2 is 1.46 bits per heavy atom. The Balaban J connectivity index is 3.35. The fourth-order valence-electron chi connectivity index (χ4n) is 0.862. The summed E-state index contributed by atoms with van der Waals surface area (Å²) in [6.07, 6.45) is 0. The van der Waals surface area contributed by atoms with Gasteiger partial charge < -0.3 is 10.2 Å². The first-order valence-corrected chi connectivity index (χ1v) is 3.67. The van der Waals surface area contributed by atoms with Gasteiger partial charge in [-0.1, -0.05) is 17.7 Å². The van der Waals surface area contributed by atoms with E-state index in [1.807, 2.05) is 0 Å². The van der Waals surface area contributed by atoms with Crippen molar-refractivity contribution in [3.63, 3.8) is 0 Å². The Bertz CT molecular complexity index is 340. The maximum atomic E-state index is 10.5. The summed E-state index contributed by atoms with van der Waals surface area (Å²) in [4.78, 5) is 21.0. The number of carboxylic acid groups (broad SMARTS) is 2. The van der Waals surface area contributed by atoms with Crippen molar-refractivity contribution in [1.29, 1.82) is 0 Å². The van der Waals surface area contributed by atoms with Crippen LogP contribution in [-0.2, 0) is 0 Å². The molecule has 4 nitrogen and oxygen atoms in total. The zero-order chi connectivity index (χ0) is 10.0. The molecular weight excluding hydrogens is 196 g/mol. The number of hydrogen-bond acceptors (Lipinski definition) is 2. The predicted molar refractivity (Wildman–Crippen MR) is 45.4 cm³/mol. The Morgan fingerprint density at radius 1 is 1.08 bits per heavy atom. The van der Waals surface area contributed by atoms with E-state index < -0.39 is 11.9 Å². The number of benzene rings is 1. The molecule has 0 amide bonds. The van der Waals surface area contributed by atoms with Crippen LogP contribution in [0.4, 0.5) is 0 Å². The number of carboxylic acids is 2. The van der Waals surface area contributed by atoms with Crippen LogP contribution >= 0.6 is 11.6 Å². The highest BCUT2D eigenvalue weighted by molar-refractivity contribution is 6.36. The van der Waals surface area contributed by atoms with Gasteiger partial charge in [-0.15, -0.1) is 0 Å². The average Bonchev–Trinajstić information content (AvgIpc) is 2.03. The van der Waals surface area contributed by atoms with Gasteiger partial charge in [0.15, 0.2) is 0 Å². The molecule has 0 aromatic heterocycles. The Labute approximate surface area is 78.4 Å². The van der Waals surface area contributed by atoms with Gasteiger partial charge in [-0.3, -0.25) is 0 Å². The standard InChI is InChI=1S/C8H5ClO4/c9-6-4(7(10)11)2-1-3-5(6)8(12)13/h1-3H,(H,10,11)(H,12,13). The second kappa shape index (κ2) is 3.45. The monoisotopic (exact) mass is 200 g/mol. The molecule has 0 saturated carbocycles. The van der Waals surface area contributed by atoms with Crippen LogP contribution < -0.4 is 0 Å². The molecule has 0 aliphatic carbocycles. The third-order valence-corrected chi connectivity index (χ3v) is 1.87. The summed E-state index contributed by atoms with van der Waals surface area (Å²) >= 11 is 5.54. The van der Waals surface area contributed by atoms with E-state index in [0.29, 0.717) is 0 Å². The van der Waals surface area contributed by atoms with Crippen molar-refractivity contribution in [2.24, 2.45) is 0 Å². The second-order valence-corrected chi connectivity index (χ2v) is 2.66. The molecule has 1 rings (SSSR count). The van der Waals surface area contributed by atoms with Gasteiger partial charge in [-0.2, -0.15) is 0 Å². The Kier molecular flexibility index (Phi) is 2.53. The molecule has 0 atom stereocenters. The Hall–Kier alpha value is -1.55. The third-order valence-electron chi connectivity index (χ3n) is 1.46. The highest BCUT2D eigenvalue weighted by atomic mass is 35.5. The summed E-state index contributed by atoms with van der Waals surface area (Å²) in [5.74, 6) is -2.48. The van der Waals surface area contributed by atoms with Crippen molar-refractivity contribution in [3.05, 3.63) is 34.3 Å². The minimum absolute atomic E-state index is 0.207. The summed E-state index contributed by atoms with van der Waals surface area (Å²) in [7, 11) is 0. The largest absolute Gasteiger partial charge is 0.478 e. The molecule has 0 heterocycles. The van der Waals surface area contributed by atoms with E-state index in [4.69, 9.17) is 21.8 Å². The lowest BCUT2D eigenvalue weighted by Crippen LogP contribution is -2.03. The number of hydrogen-bond donors (Lipinski definition) is 2. The molecular formula is C8H5ClO4. The molecule has 1 aromatic carbocycles. The van der Waals surface area contributed by atoms with Crippen molar-refractivity contribution in [3.8, 4) is 0 Å².